The number of amides is 1. The van der Waals surface area contributed by atoms with E-state index >= 15 is 0 Å². The molecule has 0 radical (unpaired) electrons. The van der Waals surface area contributed by atoms with E-state index < -0.39 is 4.92 Å². The first kappa shape index (κ1) is 14.9. The smallest absolute Gasteiger partial charge is 0.282 e. The molecular formula is C12H18N4O3. The largest absolute Gasteiger partial charge is 0.339 e. The molecule has 19 heavy (non-hydrogen) atoms. The first-order chi connectivity index (χ1) is 9.04. The lowest BCUT2D eigenvalue weighted by molar-refractivity contribution is -0.385. The summed E-state index contributed by atoms with van der Waals surface area (Å²) in [4.78, 5) is 24.3. The lowest BCUT2D eigenvalue weighted by atomic mass is 10.1. The van der Waals surface area contributed by atoms with Crippen molar-refractivity contribution < 1.29 is 9.72 Å². The molecule has 0 fully saturated rings. The van der Waals surface area contributed by atoms with Gasteiger partial charge < -0.3 is 10.3 Å². The fraction of sp³-hybridized carbons (Fsp3) is 0.417. The molecule has 0 heterocycles. The Morgan fingerprint density at radius 1 is 1.47 bits per heavy atom. The van der Waals surface area contributed by atoms with Gasteiger partial charge in [0, 0.05) is 24.8 Å². The van der Waals surface area contributed by atoms with Crippen molar-refractivity contribution in [1.29, 1.82) is 0 Å². The van der Waals surface area contributed by atoms with Crippen LogP contribution in [-0.2, 0) is 0 Å². The second-order valence-electron chi connectivity index (χ2n) is 4.02. The standard InChI is InChI=1S/C12H18N4O3/c1-3-7-15(4-2)12(17)10-8-9(14-13)5-6-11(10)16(18)19/h5-6,8,14H,3-4,7,13H2,1-2H3. The Morgan fingerprint density at radius 2 is 2.16 bits per heavy atom. The van der Waals surface area contributed by atoms with Gasteiger partial charge >= 0.3 is 0 Å². The van der Waals surface area contributed by atoms with Gasteiger partial charge in [0.1, 0.15) is 5.56 Å². The van der Waals surface area contributed by atoms with Crippen LogP contribution < -0.4 is 11.3 Å². The molecule has 1 aromatic carbocycles. The van der Waals surface area contributed by atoms with Gasteiger partial charge in [0.25, 0.3) is 11.6 Å². The Hall–Kier alpha value is -2.15. The van der Waals surface area contributed by atoms with E-state index in [2.05, 4.69) is 5.43 Å². The second-order valence-corrected chi connectivity index (χ2v) is 4.02. The molecule has 1 rings (SSSR count). The molecule has 0 bridgehead atoms. The summed E-state index contributed by atoms with van der Waals surface area (Å²) in [6.45, 7) is 4.85. The number of carbonyl (C=O) groups excluding carboxylic acids is 1. The minimum atomic E-state index is -0.562. The fourth-order valence-corrected chi connectivity index (χ4v) is 1.80. The van der Waals surface area contributed by atoms with Crippen LogP contribution in [0.5, 0.6) is 0 Å². The molecule has 0 spiro atoms. The van der Waals surface area contributed by atoms with Crippen LogP contribution in [0.4, 0.5) is 11.4 Å². The summed E-state index contributed by atoms with van der Waals surface area (Å²) in [6.07, 6.45) is 0.794. The summed E-state index contributed by atoms with van der Waals surface area (Å²) in [6, 6.07) is 4.14. The highest BCUT2D eigenvalue weighted by molar-refractivity contribution is 5.99. The molecule has 0 aliphatic rings. The minimum absolute atomic E-state index is 0.0516. The van der Waals surface area contributed by atoms with Crippen LogP contribution >= 0.6 is 0 Å². The summed E-state index contributed by atoms with van der Waals surface area (Å²) in [5.41, 5.74) is 2.69. The predicted molar refractivity (Wildman–Crippen MR) is 72.8 cm³/mol. The van der Waals surface area contributed by atoms with E-state index in [1.54, 1.807) is 4.90 Å². The minimum Gasteiger partial charge on any atom is -0.339 e. The van der Waals surface area contributed by atoms with Gasteiger partial charge in [-0.3, -0.25) is 20.8 Å². The van der Waals surface area contributed by atoms with Gasteiger partial charge in [-0.2, -0.15) is 0 Å². The Labute approximate surface area is 111 Å². The number of hydrazine groups is 1. The van der Waals surface area contributed by atoms with Crippen molar-refractivity contribution >= 4 is 17.3 Å². The molecule has 1 amide bonds. The number of hydrogen-bond acceptors (Lipinski definition) is 5. The Morgan fingerprint density at radius 3 is 2.63 bits per heavy atom. The number of nitrogens with zero attached hydrogens (tertiary/aromatic N) is 2. The summed E-state index contributed by atoms with van der Waals surface area (Å²) in [7, 11) is 0. The number of nitrogen functional groups attached to an aromatic ring is 1. The van der Waals surface area contributed by atoms with E-state index in [-0.39, 0.29) is 17.2 Å². The van der Waals surface area contributed by atoms with Crippen LogP contribution in [0, 0.1) is 10.1 Å². The molecule has 0 unspecified atom stereocenters. The van der Waals surface area contributed by atoms with Crippen LogP contribution in [0.25, 0.3) is 0 Å². The van der Waals surface area contributed by atoms with Crippen LogP contribution in [0.15, 0.2) is 18.2 Å². The number of benzene rings is 1. The molecule has 0 aromatic heterocycles. The van der Waals surface area contributed by atoms with Crippen molar-refractivity contribution in [2.75, 3.05) is 18.5 Å². The molecule has 0 saturated heterocycles. The van der Waals surface area contributed by atoms with Gasteiger partial charge in [0.2, 0.25) is 0 Å². The normalized spacial score (nSPS) is 10.1. The van der Waals surface area contributed by atoms with Crippen LogP contribution in [0.2, 0.25) is 0 Å². The number of carbonyl (C=O) groups is 1. The van der Waals surface area contributed by atoms with Gasteiger partial charge in [0.05, 0.1) is 4.92 Å². The van der Waals surface area contributed by atoms with Gasteiger partial charge in [-0.15, -0.1) is 0 Å². The molecule has 7 nitrogen and oxygen atoms in total. The van der Waals surface area contributed by atoms with E-state index in [1.165, 1.54) is 18.2 Å². The third-order valence-electron chi connectivity index (χ3n) is 2.75. The summed E-state index contributed by atoms with van der Waals surface area (Å²) in [5, 5.41) is 11.0. The van der Waals surface area contributed by atoms with E-state index in [4.69, 9.17) is 5.84 Å². The topological polar surface area (TPSA) is 102 Å². The highest BCUT2D eigenvalue weighted by Crippen LogP contribution is 2.23. The molecule has 0 saturated carbocycles. The number of nitro groups is 1. The van der Waals surface area contributed by atoms with E-state index in [0.29, 0.717) is 18.8 Å². The lowest BCUT2D eigenvalue weighted by Gasteiger charge is -2.20. The maximum atomic E-state index is 12.3. The Balaban J connectivity index is 3.21. The molecule has 3 N–H and O–H groups in total. The van der Waals surface area contributed by atoms with Crippen molar-refractivity contribution in [2.24, 2.45) is 5.84 Å². The van der Waals surface area contributed by atoms with Crippen LogP contribution in [0.3, 0.4) is 0 Å². The van der Waals surface area contributed by atoms with Crippen molar-refractivity contribution in [3.63, 3.8) is 0 Å². The van der Waals surface area contributed by atoms with Gasteiger partial charge in [0.15, 0.2) is 0 Å². The third kappa shape index (κ3) is 3.41. The van der Waals surface area contributed by atoms with Crippen LogP contribution in [-0.4, -0.2) is 28.8 Å². The van der Waals surface area contributed by atoms with Crippen molar-refractivity contribution in [3.8, 4) is 0 Å². The lowest BCUT2D eigenvalue weighted by Crippen LogP contribution is -2.32. The monoisotopic (exact) mass is 266 g/mol. The number of nitro benzene ring substituents is 1. The van der Waals surface area contributed by atoms with Gasteiger partial charge in [-0.05, 0) is 25.5 Å². The molecule has 7 heteroatoms. The average molecular weight is 266 g/mol. The maximum Gasteiger partial charge on any atom is 0.282 e. The molecule has 1 aromatic rings. The maximum absolute atomic E-state index is 12.3. The highest BCUT2D eigenvalue weighted by atomic mass is 16.6. The van der Waals surface area contributed by atoms with Gasteiger partial charge in [-0.25, -0.2) is 0 Å². The predicted octanol–water partition coefficient (Wildman–Crippen LogP) is 1.75. The highest BCUT2D eigenvalue weighted by Gasteiger charge is 2.24. The SMILES string of the molecule is CCCN(CC)C(=O)c1cc(NN)ccc1[N+](=O)[O-]. The van der Waals surface area contributed by atoms with Crippen molar-refractivity contribution in [2.45, 2.75) is 20.3 Å². The van der Waals surface area contributed by atoms with Crippen molar-refractivity contribution in [3.05, 3.63) is 33.9 Å². The zero-order chi connectivity index (χ0) is 14.4. The average Bonchev–Trinajstić information content (AvgIpc) is 2.43. The van der Waals surface area contributed by atoms with Gasteiger partial charge in [-0.1, -0.05) is 6.92 Å². The summed E-state index contributed by atoms with van der Waals surface area (Å²) < 4.78 is 0. The number of rotatable bonds is 6. The second kappa shape index (κ2) is 6.69. The van der Waals surface area contributed by atoms with Crippen LogP contribution in [0.1, 0.15) is 30.6 Å². The molecule has 0 aliphatic heterocycles. The molecule has 0 aliphatic carbocycles. The quantitative estimate of drug-likeness (QED) is 0.464. The number of hydrogen-bond donors (Lipinski definition) is 2. The molecule has 0 atom stereocenters. The first-order valence-electron chi connectivity index (χ1n) is 6.09. The third-order valence-corrected chi connectivity index (χ3v) is 2.75. The molecular weight excluding hydrogens is 248 g/mol. The Kier molecular flexibility index (Phi) is 5.25. The number of anilines is 1. The number of nitrogens with two attached hydrogens (primary N) is 1. The van der Waals surface area contributed by atoms with E-state index in [9.17, 15) is 14.9 Å². The Bertz CT molecular complexity index is 476. The zero-order valence-electron chi connectivity index (χ0n) is 11.0. The molecule has 104 valence electrons. The first-order valence-corrected chi connectivity index (χ1v) is 6.09. The van der Waals surface area contributed by atoms with E-state index in [0.717, 1.165) is 6.42 Å². The van der Waals surface area contributed by atoms with E-state index in [1.807, 2.05) is 13.8 Å². The van der Waals surface area contributed by atoms with Crippen molar-refractivity contribution in [1.82, 2.24) is 4.90 Å². The number of nitrogens with one attached hydrogen (secondary N) is 1. The zero-order valence-corrected chi connectivity index (χ0v) is 11.0. The summed E-state index contributed by atoms with van der Waals surface area (Å²) >= 11 is 0. The fourth-order valence-electron chi connectivity index (χ4n) is 1.80. The summed E-state index contributed by atoms with van der Waals surface area (Å²) in [5.74, 6) is 4.91.